The molecule has 0 saturated carbocycles. The van der Waals surface area contributed by atoms with E-state index in [2.05, 4.69) is 0 Å². The molecule has 1 saturated heterocycles. The third-order valence-corrected chi connectivity index (χ3v) is 2.54. The van der Waals surface area contributed by atoms with Crippen molar-refractivity contribution in [3.63, 3.8) is 0 Å². The average Bonchev–Trinajstić information content (AvgIpc) is 2.15. The predicted octanol–water partition coefficient (Wildman–Crippen LogP) is -0.552. The number of piperazine rings is 1. The summed E-state index contributed by atoms with van der Waals surface area (Å²) in [6.45, 7) is 6.59. The molecule has 0 aromatic heterocycles. The van der Waals surface area contributed by atoms with Crippen LogP contribution in [0.3, 0.4) is 0 Å². The molecule has 0 atom stereocenters. The van der Waals surface area contributed by atoms with Gasteiger partial charge in [0, 0.05) is 33.1 Å². The van der Waals surface area contributed by atoms with Crippen molar-refractivity contribution in [3.8, 4) is 0 Å². The first kappa shape index (κ1) is 12.0. The normalized spacial score (nSPS) is 17.9. The number of hydrogen-bond donors (Lipinski definition) is 1. The fraction of sp³-hybridized carbons (Fsp3) is 0.800. The minimum atomic E-state index is -1.32. The van der Waals surface area contributed by atoms with Crippen LogP contribution < -0.4 is 0 Å². The lowest BCUT2D eigenvalue weighted by Crippen LogP contribution is -2.54. The van der Waals surface area contributed by atoms with E-state index in [-0.39, 0.29) is 11.8 Å². The second kappa shape index (κ2) is 4.18. The van der Waals surface area contributed by atoms with Gasteiger partial charge >= 0.3 is 0 Å². The van der Waals surface area contributed by atoms with Crippen molar-refractivity contribution in [2.45, 2.75) is 26.4 Å². The van der Waals surface area contributed by atoms with E-state index in [9.17, 15) is 14.7 Å². The minimum Gasteiger partial charge on any atom is -0.381 e. The summed E-state index contributed by atoms with van der Waals surface area (Å²) in [6, 6.07) is 0. The Morgan fingerprint density at radius 1 is 1.07 bits per heavy atom. The lowest BCUT2D eigenvalue weighted by Gasteiger charge is -2.36. The van der Waals surface area contributed by atoms with Gasteiger partial charge in [-0.2, -0.15) is 0 Å². The molecule has 0 aliphatic carbocycles. The average molecular weight is 214 g/mol. The van der Waals surface area contributed by atoms with E-state index < -0.39 is 5.60 Å². The molecule has 15 heavy (non-hydrogen) atoms. The smallest absolute Gasteiger partial charge is 0.254 e. The highest BCUT2D eigenvalue weighted by molar-refractivity contribution is 5.84. The SMILES string of the molecule is CC(=O)N1CCN(C(=O)C(C)(C)O)CC1. The molecule has 1 fully saturated rings. The Morgan fingerprint density at radius 3 is 1.80 bits per heavy atom. The van der Waals surface area contributed by atoms with Crippen molar-refractivity contribution in [3.05, 3.63) is 0 Å². The van der Waals surface area contributed by atoms with Crippen LogP contribution in [0, 0.1) is 0 Å². The first-order valence-electron chi connectivity index (χ1n) is 5.09. The number of carbonyl (C=O) groups is 2. The molecule has 0 bridgehead atoms. The van der Waals surface area contributed by atoms with Crippen molar-refractivity contribution in [2.75, 3.05) is 26.2 Å². The van der Waals surface area contributed by atoms with Crippen molar-refractivity contribution in [1.29, 1.82) is 0 Å². The van der Waals surface area contributed by atoms with Crippen LogP contribution in [0.2, 0.25) is 0 Å². The molecule has 0 aromatic rings. The summed E-state index contributed by atoms with van der Waals surface area (Å²) in [6.07, 6.45) is 0. The Hall–Kier alpha value is -1.10. The van der Waals surface area contributed by atoms with Crippen LogP contribution in [-0.4, -0.2) is 58.5 Å². The molecular formula is C10H18N2O3. The molecule has 1 heterocycles. The monoisotopic (exact) mass is 214 g/mol. The zero-order chi connectivity index (χ0) is 11.6. The predicted molar refractivity (Wildman–Crippen MR) is 55.1 cm³/mol. The molecule has 0 radical (unpaired) electrons. The molecule has 2 amide bonds. The highest BCUT2D eigenvalue weighted by Gasteiger charge is 2.31. The molecule has 0 unspecified atom stereocenters. The van der Waals surface area contributed by atoms with Crippen molar-refractivity contribution >= 4 is 11.8 Å². The summed E-state index contributed by atoms with van der Waals surface area (Å²) in [5.41, 5.74) is -1.32. The van der Waals surface area contributed by atoms with E-state index in [4.69, 9.17) is 0 Å². The van der Waals surface area contributed by atoms with Gasteiger partial charge in [0.15, 0.2) is 0 Å². The molecular weight excluding hydrogens is 196 g/mol. The van der Waals surface area contributed by atoms with E-state index >= 15 is 0 Å². The highest BCUT2D eigenvalue weighted by atomic mass is 16.3. The van der Waals surface area contributed by atoms with Crippen molar-refractivity contribution in [2.24, 2.45) is 0 Å². The van der Waals surface area contributed by atoms with Gasteiger partial charge in [-0.3, -0.25) is 9.59 Å². The van der Waals surface area contributed by atoms with Gasteiger partial charge in [0.05, 0.1) is 0 Å². The second-order valence-electron chi connectivity index (χ2n) is 4.36. The Balaban J connectivity index is 2.51. The number of rotatable bonds is 1. The molecule has 5 heteroatoms. The Kier molecular flexibility index (Phi) is 3.34. The zero-order valence-corrected chi connectivity index (χ0v) is 9.49. The molecule has 1 aliphatic heterocycles. The van der Waals surface area contributed by atoms with Crippen LogP contribution in [0.5, 0.6) is 0 Å². The maximum atomic E-state index is 11.7. The Labute approximate surface area is 89.7 Å². The number of aliphatic hydroxyl groups is 1. The minimum absolute atomic E-state index is 0.0327. The molecule has 0 spiro atoms. The number of carbonyl (C=O) groups excluding carboxylic acids is 2. The lowest BCUT2D eigenvalue weighted by molar-refractivity contribution is -0.151. The Bertz CT molecular complexity index is 262. The van der Waals surface area contributed by atoms with E-state index in [0.717, 1.165) is 0 Å². The fourth-order valence-corrected chi connectivity index (χ4v) is 1.61. The molecule has 1 rings (SSSR count). The van der Waals surface area contributed by atoms with Crippen LogP contribution in [0.1, 0.15) is 20.8 Å². The fourth-order valence-electron chi connectivity index (χ4n) is 1.61. The quantitative estimate of drug-likeness (QED) is 0.637. The summed E-state index contributed by atoms with van der Waals surface area (Å²) < 4.78 is 0. The van der Waals surface area contributed by atoms with Gasteiger partial charge in [-0.1, -0.05) is 0 Å². The van der Waals surface area contributed by atoms with Gasteiger partial charge in [0.25, 0.3) is 5.91 Å². The van der Waals surface area contributed by atoms with Crippen molar-refractivity contribution < 1.29 is 14.7 Å². The summed E-state index contributed by atoms with van der Waals surface area (Å²) in [5.74, 6) is -0.240. The van der Waals surface area contributed by atoms with Crippen LogP contribution in [-0.2, 0) is 9.59 Å². The standard InChI is InChI=1S/C10H18N2O3/c1-8(13)11-4-6-12(7-5-11)9(14)10(2,3)15/h15H,4-7H2,1-3H3. The molecule has 86 valence electrons. The van der Waals surface area contributed by atoms with Gasteiger partial charge in [-0.05, 0) is 13.8 Å². The summed E-state index contributed by atoms with van der Waals surface area (Å²) in [4.78, 5) is 26.0. The molecule has 0 aromatic carbocycles. The third kappa shape index (κ3) is 2.92. The lowest BCUT2D eigenvalue weighted by atomic mass is 10.1. The summed E-state index contributed by atoms with van der Waals surface area (Å²) >= 11 is 0. The van der Waals surface area contributed by atoms with E-state index in [1.807, 2.05) is 0 Å². The topological polar surface area (TPSA) is 60.9 Å². The molecule has 5 nitrogen and oxygen atoms in total. The van der Waals surface area contributed by atoms with Crippen LogP contribution in [0.4, 0.5) is 0 Å². The number of amides is 2. The van der Waals surface area contributed by atoms with Crippen LogP contribution in [0.25, 0.3) is 0 Å². The third-order valence-electron chi connectivity index (χ3n) is 2.54. The van der Waals surface area contributed by atoms with Gasteiger partial charge in [0.1, 0.15) is 5.60 Å². The van der Waals surface area contributed by atoms with E-state index in [1.165, 1.54) is 20.8 Å². The largest absolute Gasteiger partial charge is 0.381 e. The van der Waals surface area contributed by atoms with E-state index in [0.29, 0.717) is 26.2 Å². The first-order valence-corrected chi connectivity index (χ1v) is 5.09. The Morgan fingerprint density at radius 2 is 1.47 bits per heavy atom. The number of hydrogen-bond acceptors (Lipinski definition) is 3. The molecule has 1 aliphatic rings. The summed E-state index contributed by atoms with van der Waals surface area (Å²) in [5, 5.41) is 9.54. The molecule has 1 N–H and O–H groups in total. The zero-order valence-electron chi connectivity index (χ0n) is 9.49. The van der Waals surface area contributed by atoms with E-state index in [1.54, 1.807) is 9.80 Å². The van der Waals surface area contributed by atoms with Gasteiger partial charge < -0.3 is 14.9 Å². The van der Waals surface area contributed by atoms with Gasteiger partial charge in [-0.25, -0.2) is 0 Å². The second-order valence-corrected chi connectivity index (χ2v) is 4.36. The maximum absolute atomic E-state index is 11.7. The van der Waals surface area contributed by atoms with Crippen molar-refractivity contribution in [1.82, 2.24) is 9.80 Å². The maximum Gasteiger partial charge on any atom is 0.254 e. The highest BCUT2D eigenvalue weighted by Crippen LogP contribution is 2.10. The summed E-state index contributed by atoms with van der Waals surface area (Å²) in [7, 11) is 0. The van der Waals surface area contributed by atoms with Crippen LogP contribution >= 0.6 is 0 Å². The first-order chi connectivity index (χ1) is 6.82. The van der Waals surface area contributed by atoms with Gasteiger partial charge in [-0.15, -0.1) is 0 Å². The number of nitrogens with zero attached hydrogens (tertiary/aromatic N) is 2. The van der Waals surface area contributed by atoms with Gasteiger partial charge in [0.2, 0.25) is 5.91 Å². The van der Waals surface area contributed by atoms with Crippen LogP contribution in [0.15, 0.2) is 0 Å².